The zero-order chi connectivity index (χ0) is 35.5. The van der Waals surface area contributed by atoms with E-state index in [0.717, 1.165) is 32.3 Å². The smallest absolute Gasteiger partial charge is 0.288 e. The molecule has 0 spiro atoms. The fourth-order valence-corrected chi connectivity index (χ4v) is 7.31. The monoisotopic (exact) mass is 706 g/mol. The predicted octanol–water partition coefficient (Wildman–Crippen LogP) is 5.37. The van der Waals surface area contributed by atoms with Crippen LogP contribution in [0.15, 0.2) is 119 Å². The lowest BCUT2D eigenvalue weighted by Gasteiger charge is -2.23. The molecule has 0 aromatic heterocycles. The first-order chi connectivity index (χ1) is 23.8. The standard InChI is InChI=1S/C24H10N2O4.2C6H6O3S/c27-21-13-5-1-9-10-2-6-15-20-16(24(30)26-23(15)29)8-4-12(18(10)20)11-3-7-14(22(28)25-21)19(13)17(9)11;2*7-10(8,9)6-4-2-1-3-5-6/h1-8H,(H,25,27,28)(H,26,29,30);2*1-5H,(H,7,8,9). The molecule has 50 heavy (non-hydrogen) atoms. The van der Waals surface area contributed by atoms with Gasteiger partial charge in [0.15, 0.2) is 0 Å². The van der Waals surface area contributed by atoms with Gasteiger partial charge in [-0.05, 0) is 80.8 Å². The number of rotatable bonds is 2. The van der Waals surface area contributed by atoms with Gasteiger partial charge in [-0.3, -0.25) is 38.9 Å². The third kappa shape index (κ3) is 5.41. The molecule has 0 saturated heterocycles. The predicted molar refractivity (Wildman–Crippen MR) is 184 cm³/mol. The molecule has 7 aromatic carbocycles. The van der Waals surface area contributed by atoms with Gasteiger partial charge >= 0.3 is 0 Å². The maximum absolute atomic E-state index is 12.4. The minimum Gasteiger partial charge on any atom is -0.288 e. The first-order valence-corrected chi connectivity index (χ1v) is 17.6. The van der Waals surface area contributed by atoms with Crippen molar-refractivity contribution in [1.29, 1.82) is 0 Å². The number of imide groups is 2. The summed E-state index contributed by atoms with van der Waals surface area (Å²) in [6, 6.07) is 29.2. The van der Waals surface area contributed by atoms with Crippen LogP contribution in [0.25, 0.3) is 43.1 Å². The fourth-order valence-electron chi connectivity index (χ4n) is 6.31. The molecule has 7 aromatic rings. The summed E-state index contributed by atoms with van der Waals surface area (Å²) in [6.07, 6.45) is 0. The third-order valence-corrected chi connectivity index (χ3v) is 10.2. The number of hydrogen-bond donors (Lipinski definition) is 4. The quantitative estimate of drug-likeness (QED) is 0.0784. The van der Waals surface area contributed by atoms with E-state index in [1.807, 2.05) is 24.3 Å². The molecule has 0 fully saturated rings. The normalized spacial score (nSPS) is 13.8. The number of nitrogens with one attached hydrogen (secondary N) is 2. The molecule has 0 unspecified atom stereocenters. The summed E-state index contributed by atoms with van der Waals surface area (Å²) in [6.45, 7) is 0. The lowest BCUT2D eigenvalue weighted by Crippen LogP contribution is -2.35. The van der Waals surface area contributed by atoms with Crippen molar-refractivity contribution in [1.82, 2.24) is 10.6 Å². The second kappa shape index (κ2) is 11.8. The lowest BCUT2D eigenvalue weighted by atomic mass is 9.83. The van der Waals surface area contributed by atoms with Gasteiger partial charge in [0.05, 0.1) is 9.79 Å². The number of hydrogen-bond acceptors (Lipinski definition) is 8. The summed E-state index contributed by atoms with van der Waals surface area (Å²) in [5, 5.41) is 11.3. The van der Waals surface area contributed by atoms with Gasteiger partial charge in [-0.2, -0.15) is 16.8 Å². The first kappa shape index (κ1) is 32.5. The fraction of sp³-hybridized carbons (Fsp3) is 0. The maximum Gasteiger partial charge on any atom is 0.294 e. The van der Waals surface area contributed by atoms with Crippen LogP contribution in [-0.2, 0) is 20.2 Å². The van der Waals surface area contributed by atoms with Gasteiger partial charge < -0.3 is 0 Å². The van der Waals surface area contributed by atoms with Gasteiger partial charge in [-0.1, -0.05) is 60.7 Å². The molecule has 2 heterocycles. The second-order valence-corrected chi connectivity index (χ2v) is 14.1. The van der Waals surface area contributed by atoms with E-state index in [2.05, 4.69) is 10.6 Å². The van der Waals surface area contributed by atoms with Crippen LogP contribution < -0.4 is 10.6 Å². The highest BCUT2D eigenvalue weighted by Gasteiger charge is 2.30. The number of carbonyl (C=O) groups excluding carboxylic acids is 4. The van der Waals surface area contributed by atoms with E-state index in [0.29, 0.717) is 33.0 Å². The average Bonchev–Trinajstić information content (AvgIpc) is 3.09. The molecular formula is C36H22N2O10S2. The van der Waals surface area contributed by atoms with Gasteiger partial charge in [0.1, 0.15) is 0 Å². The van der Waals surface area contributed by atoms with Crippen LogP contribution in [0.4, 0.5) is 0 Å². The summed E-state index contributed by atoms with van der Waals surface area (Å²) >= 11 is 0. The molecule has 9 rings (SSSR count). The molecular weight excluding hydrogens is 685 g/mol. The van der Waals surface area contributed by atoms with E-state index in [-0.39, 0.29) is 9.79 Å². The molecule has 248 valence electrons. The van der Waals surface area contributed by atoms with Crippen LogP contribution in [-0.4, -0.2) is 49.6 Å². The Morgan fingerprint density at radius 1 is 0.360 bits per heavy atom. The zero-order valence-electron chi connectivity index (χ0n) is 25.4. The van der Waals surface area contributed by atoms with Crippen LogP contribution in [0.3, 0.4) is 0 Å². The molecule has 0 atom stereocenters. The van der Waals surface area contributed by atoms with Crippen molar-refractivity contribution in [3.05, 3.63) is 131 Å². The third-order valence-electron chi connectivity index (χ3n) is 8.42. The van der Waals surface area contributed by atoms with Crippen molar-refractivity contribution in [3.63, 3.8) is 0 Å². The van der Waals surface area contributed by atoms with Crippen molar-refractivity contribution in [2.45, 2.75) is 9.79 Å². The topological polar surface area (TPSA) is 201 Å². The van der Waals surface area contributed by atoms with Gasteiger partial charge in [0, 0.05) is 33.0 Å². The summed E-state index contributed by atoms with van der Waals surface area (Å²) < 4.78 is 58.5. The van der Waals surface area contributed by atoms with Crippen LogP contribution >= 0.6 is 0 Å². The van der Waals surface area contributed by atoms with Crippen LogP contribution in [0, 0.1) is 0 Å². The van der Waals surface area contributed by atoms with Crippen molar-refractivity contribution < 1.29 is 45.1 Å². The Hall–Kier alpha value is -6.06. The Morgan fingerprint density at radius 3 is 0.840 bits per heavy atom. The Kier molecular flexibility index (Phi) is 7.68. The summed E-state index contributed by atoms with van der Waals surface area (Å²) in [5.41, 5.74) is 1.87. The number of carbonyl (C=O) groups is 4. The molecule has 0 aliphatic carbocycles. The largest absolute Gasteiger partial charge is 0.294 e. The van der Waals surface area contributed by atoms with E-state index in [1.54, 1.807) is 60.7 Å². The number of amides is 4. The molecule has 14 heteroatoms. The van der Waals surface area contributed by atoms with Crippen molar-refractivity contribution in [3.8, 4) is 0 Å². The SMILES string of the molecule is O=C1NC(=O)c2ccc3c4ccc5c6c(ccc(c7ccc1c2c73)c64)C(=O)NC5=O.O=S(=O)(O)c1ccccc1.O=S(=O)(O)c1ccccc1. The van der Waals surface area contributed by atoms with E-state index in [1.165, 1.54) is 24.3 Å². The highest BCUT2D eigenvalue weighted by Crippen LogP contribution is 2.44. The summed E-state index contributed by atoms with van der Waals surface area (Å²) in [7, 11) is -8.01. The maximum atomic E-state index is 12.4. The van der Waals surface area contributed by atoms with Crippen LogP contribution in [0.1, 0.15) is 41.4 Å². The molecule has 2 aliphatic heterocycles. The minimum atomic E-state index is -4.00. The van der Waals surface area contributed by atoms with E-state index >= 15 is 0 Å². The Balaban J connectivity index is 0.000000161. The molecule has 0 radical (unpaired) electrons. The lowest BCUT2D eigenvalue weighted by molar-refractivity contribution is 0.0828. The summed E-state index contributed by atoms with van der Waals surface area (Å²) in [5.74, 6) is -1.63. The minimum absolute atomic E-state index is 0.0741. The summed E-state index contributed by atoms with van der Waals surface area (Å²) in [4.78, 5) is 49.6. The molecule has 12 nitrogen and oxygen atoms in total. The molecule has 0 saturated carbocycles. The van der Waals surface area contributed by atoms with Crippen LogP contribution in [0.5, 0.6) is 0 Å². The van der Waals surface area contributed by atoms with Gasteiger partial charge in [-0.25, -0.2) is 0 Å². The molecule has 4 N–H and O–H groups in total. The molecule has 2 aliphatic rings. The Labute approximate surface area is 283 Å². The van der Waals surface area contributed by atoms with E-state index in [9.17, 15) is 36.0 Å². The zero-order valence-corrected chi connectivity index (χ0v) is 27.0. The highest BCUT2D eigenvalue weighted by molar-refractivity contribution is 7.86. The van der Waals surface area contributed by atoms with Crippen LogP contribution in [0.2, 0.25) is 0 Å². The second-order valence-electron chi connectivity index (χ2n) is 11.3. The van der Waals surface area contributed by atoms with E-state index < -0.39 is 43.9 Å². The number of benzene rings is 7. The first-order valence-electron chi connectivity index (χ1n) is 14.7. The Bertz CT molecular complexity index is 2510. The van der Waals surface area contributed by atoms with Crippen molar-refractivity contribution in [2.75, 3.05) is 0 Å². The van der Waals surface area contributed by atoms with Crippen molar-refractivity contribution >= 4 is 87.0 Å². The van der Waals surface area contributed by atoms with Gasteiger partial charge in [0.2, 0.25) is 0 Å². The van der Waals surface area contributed by atoms with Gasteiger partial charge in [-0.15, -0.1) is 0 Å². The molecule has 0 bridgehead atoms. The number of fused-ring (bicyclic) bond motifs is 2. The highest BCUT2D eigenvalue weighted by atomic mass is 32.2. The average molecular weight is 707 g/mol. The van der Waals surface area contributed by atoms with E-state index in [4.69, 9.17) is 9.11 Å². The Morgan fingerprint density at radius 2 is 0.620 bits per heavy atom. The molecule has 4 amide bonds. The van der Waals surface area contributed by atoms with Crippen molar-refractivity contribution in [2.24, 2.45) is 0 Å². The van der Waals surface area contributed by atoms with Gasteiger partial charge in [0.25, 0.3) is 43.9 Å².